The third kappa shape index (κ3) is 7.29. The monoisotopic (exact) mass is 167 g/mol. The zero-order chi connectivity index (χ0) is 8.20. The maximum absolute atomic E-state index is 10.0. The Morgan fingerprint density at radius 1 is 1.60 bits per heavy atom. The molecule has 0 rings (SSSR count). The van der Waals surface area contributed by atoms with E-state index in [1.807, 2.05) is 0 Å². The van der Waals surface area contributed by atoms with Crippen LogP contribution < -0.4 is 0 Å². The van der Waals surface area contributed by atoms with Crippen molar-refractivity contribution in [3.8, 4) is 0 Å². The van der Waals surface area contributed by atoms with Gasteiger partial charge in [0.05, 0.1) is 0 Å². The van der Waals surface area contributed by atoms with Crippen LogP contribution in [0.25, 0.3) is 0 Å². The van der Waals surface area contributed by atoms with Crippen LogP contribution in [0, 0.1) is 0 Å². The summed E-state index contributed by atoms with van der Waals surface area (Å²) in [5.41, 5.74) is 0. The largest absolute Gasteiger partial charge is 0.477 e. The number of carboxylic acids is 1. The number of rotatable bonds is 3. The van der Waals surface area contributed by atoms with E-state index in [2.05, 4.69) is 4.99 Å². The Balaban J connectivity index is 3.76. The van der Waals surface area contributed by atoms with Gasteiger partial charge < -0.3 is 14.9 Å². The molecule has 3 N–H and O–H groups in total. The molecule has 0 aliphatic heterocycles. The molecule has 0 bridgehead atoms. The van der Waals surface area contributed by atoms with Crippen molar-refractivity contribution in [1.82, 2.24) is 0 Å². The van der Waals surface area contributed by atoms with Crippen molar-refractivity contribution in [2.24, 2.45) is 4.99 Å². The molecule has 0 fully saturated rings. The number of hydrogen-bond acceptors (Lipinski definition) is 3. The number of aliphatic imine (C=N–C) groups is 1. The molecule has 0 unspecified atom stereocenters. The van der Waals surface area contributed by atoms with Gasteiger partial charge in [-0.25, -0.2) is 4.79 Å². The molecule has 0 spiro atoms. The topological polar surface area (TPSA) is 107 Å². The van der Waals surface area contributed by atoms with Crippen molar-refractivity contribution in [2.75, 3.05) is 6.29 Å². The molecule has 0 heterocycles. The third-order valence-corrected chi connectivity index (χ3v) is 0.999. The maximum atomic E-state index is 10.0. The predicted octanol–water partition coefficient (Wildman–Crippen LogP) is -0.723. The Labute approximate surface area is 56.4 Å². The van der Waals surface area contributed by atoms with Crippen LogP contribution in [0.2, 0.25) is 0 Å². The van der Waals surface area contributed by atoms with Crippen LogP contribution in [0.4, 0.5) is 0 Å². The second kappa shape index (κ2) is 3.46. The lowest BCUT2D eigenvalue weighted by Crippen LogP contribution is -1.96. The molecule has 58 valence electrons. The Bertz CT molecular complexity index is 193. The van der Waals surface area contributed by atoms with E-state index in [1.54, 1.807) is 0 Å². The summed E-state index contributed by atoms with van der Waals surface area (Å²) < 4.78 is 10.0. The summed E-state index contributed by atoms with van der Waals surface area (Å²) >= 11 is 0. The zero-order valence-electron chi connectivity index (χ0n) is 4.84. The Morgan fingerprint density at radius 2 is 2.10 bits per heavy atom. The Morgan fingerprint density at radius 3 is 2.40 bits per heavy atom. The van der Waals surface area contributed by atoms with Gasteiger partial charge in [-0.2, -0.15) is 0 Å². The Kier molecular flexibility index (Phi) is 3.21. The summed E-state index contributed by atoms with van der Waals surface area (Å²) in [6, 6.07) is 0. The highest BCUT2D eigenvalue weighted by atomic mass is 31.2. The van der Waals surface area contributed by atoms with E-state index in [-0.39, 0.29) is 0 Å². The SMILES string of the molecule is O=C(O)/C=N/CP(=O)(O)O. The highest BCUT2D eigenvalue weighted by Gasteiger charge is 2.09. The first-order valence-corrected chi connectivity index (χ1v) is 3.99. The van der Waals surface area contributed by atoms with Gasteiger partial charge in [0, 0.05) is 0 Å². The maximum Gasteiger partial charge on any atom is 0.346 e. The molecule has 0 amide bonds. The lowest BCUT2D eigenvalue weighted by atomic mass is 10.8. The minimum absolute atomic E-state index is 0.444. The standard InChI is InChI=1S/C3H6NO5P/c5-3(6)1-4-2-10(7,8)9/h1H,2H2,(H,5,6)(H2,7,8,9)/b4-1+. The normalized spacial score (nSPS) is 12.2. The van der Waals surface area contributed by atoms with Crippen LogP contribution in [0.15, 0.2) is 4.99 Å². The van der Waals surface area contributed by atoms with Crippen molar-refractivity contribution in [2.45, 2.75) is 0 Å². The van der Waals surface area contributed by atoms with E-state index >= 15 is 0 Å². The van der Waals surface area contributed by atoms with Gasteiger partial charge >= 0.3 is 13.6 Å². The molecule has 7 heteroatoms. The number of nitrogens with zero attached hydrogens (tertiary/aromatic N) is 1. The minimum Gasteiger partial charge on any atom is -0.477 e. The summed E-state index contributed by atoms with van der Waals surface area (Å²) in [7, 11) is -4.18. The van der Waals surface area contributed by atoms with Gasteiger partial charge in [0.1, 0.15) is 12.5 Å². The summed E-state index contributed by atoms with van der Waals surface area (Å²) in [6.07, 6.45) is -0.335. The molecule has 0 aromatic heterocycles. The van der Waals surface area contributed by atoms with Crippen molar-refractivity contribution < 1.29 is 24.3 Å². The van der Waals surface area contributed by atoms with Gasteiger partial charge in [-0.1, -0.05) is 0 Å². The number of aliphatic carboxylic acids is 1. The average molecular weight is 167 g/mol. The zero-order valence-corrected chi connectivity index (χ0v) is 5.73. The summed E-state index contributed by atoms with van der Waals surface area (Å²) in [5.74, 6) is -1.33. The predicted molar refractivity (Wildman–Crippen MR) is 33.0 cm³/mol. The number of carbonyl (C=O) groups is 1. The summed E-state index contributed by atoms with van der Waals surface area (Å²) in [5, 5.41) is 7.91. The smallest absolute Gasteiger partial charge is 0.346 e. The van der Waals surface area contributed by atoms with Gasteiger partial charge in [-0.05, 0) is 0 Å². The van der Waals surface area contributed by atoms with Crippen LogP contribution in [0.1, 0.15) is 0 Å². The highest BCUT2D eigenvalue weighted by molar-refractivity contribution is 7.51. The van der Waals surface area contributed by atoms with Crippen molar-refractivity contribution in [3.63, 3.8) is 0 Å². The lowest BCUT2D eigenvalue weighted by molar-refractivity contribution is -0.128. The fourth-order valence-electron chi connectivity index (χ4n) is 0.225. The molecule has 0 saturated carbocycles. The van der Waals surface area contributed by atoms with E-state index in [0.29, 0.717) is 6.21 Å². The van der Waals surface area contributed by atoms with E-state index in [1.165, 1.54) is 0 Å². The lowest BCUT2D eigenvalue weighted by Gasteiger charge is -1.94. The van der Waals surface area contributed by atoms with Crippen LogP contribution in [-0.4, -0.2) is 33.4 Å². The summed E-state index contributed by atoms with van der Waals surface area (Å²) in [4.78, 5) is 28.9. The van der Waals surface area contributed by atoms with Gasteiger partial charge in [-0.15, -0.1) is 0 Å². The van der Waals surface area contributed by atoms with Crippen LogP contribution in [0.3, 0.4) is 0 Å². The van der Waals surface area contributed by atoms with Gasteiger partial charge in [0.2, 0.25) is 0 Å². The van der Waals surface area contributed by atoms with E-state index < -0.39 is 19.9 Å². The molecule has 6 nitrogen and oxygen atoms in total. The van der Waals surface area contributed by atoms with E-state index in [0.717, 1.165) is 0 Å². The third-order valence-electron chi connectivity index (χ3n) is 0.468. The quantitative estimate of drug-likeness (QED) is 0.379. The second-order valence-corrected chi connectivity index (χ2v) is 3.07. The Hall–Kier alpha value is -0.710. The molecular formula is C3H6NO5P. The van der Waals surface area contributed by atoms with Crippen molar-refractivity contribution >= 4 is 19.8 Å². The van der Waals surface area contributed by atoms with Crippen molar-refractivity contribution in [1.29, 1.82) is 0 Å². The molecule has 0 aromatic carbocycles. The molecule has 0 atom stereocenters. The van der Waals surface area contributed by atoms with Gasteiger partial charge in [-0.3, -0.25) is 9.56 Å². The minimum atomic E-state index is -4.18. The first-order chi connectivity index (χ1) is 4.42. The molecule has 0 aromatic rings. The highest BCUT2D eigenvalue weighted by Crippen LogP contribution is 2.33. The number of hydrogen-bond donors (Lipinski definition) is 3. The molecular weight excluding hydrogens is 161 g/mol. The number of carboxylic acid groups (broad SMARTS) is 1. The summed E-state index contributed by atoms with van der Waals surface area (Å²) in [6.45, 7) is 0. The van der Waals surface area contributed by atoms with E-state index in [4.69, 9.17) is 14.9 Å². The fraction of sp³-hybridized carbons (Fsp3) is 0.333. The first-order valence-electron chi connectivity index (χ1n) is 2.19. The second-order valence-electron chi connectivity index (χ2n) is 1.46. The molecule has 0 aliphatic rings. The van der Waals surface area contributed by atoms with Crippen molar-refractivity contribution in [3.05, 3.63) is 0 Å². The van der Waals surface area contributed by atoms with Gasteiger partial charge in [0.25, 0.3) is 0 Å². The average Bonchev–Trinajstić information content (AvgIpc) is 1.59. The van der Waals surface area contributed by atoms with Crippen LogP contribution in [0.5, 0.6) is 0 Å². The van der Waals surface area contributed by atoms with Gasteiger partial charge in [0.15, 0.2) is 0 Å². The molecule has 0 saturated heterocycles. The fourth-order valence-corrected chi connectivity index (χ4v) is 0.520. The molecule has 10 heavy (non-hydrogen) atoms. The molecule has 0 radical (unpaired) electrons. The van der Waals surface area contributed by atoms with Crippen LogP contribution >= 0.6 is 7.60 Å². The first kappa shape index (κ1) is 9.29. The molecule has 0 aliphatic carbocycles. The van der Waals surface area contributed by atoms with E-state index in [9.17, 15) is 9.36 Å². The van der Waals surface area contributed by atoms with Crippen LogP contribution in [-0.2, 0) is 9.36 Å².